The fourth-order valence-electron chi connectivity index (χ4n) is 5.46. The Morgan fingerprint density at radius 1 is 1.00 bits per heavy atom. The number of carbonyl (C=O) groups excluding carboxylic acids is 2. The number of rotatable bonds is 9. The summed E-state index contributed by atoms with van der Waals surface area (Å²) in [5, 5.41) is 15.0. The number of hydrogen-bond acceptors (Lipinski definition) is 4. The van der Waals surface area contributed by atoms with E-state index >= 15 is 0 Å². The molecular weight excluding hydrogens is 444 g/mol. The summed E-state index contributed by atoms with van der Waals surface area (Å²) in [5.74, 6) is -1.23. The van der Waals surface area contributed by atoms with Gasteiger partial charge < -0.3 is 20.5 Å². The van der Waals surface area contributed by atoms with Crippen molar-refractivity contribution in [2.75, 3.05) is 6.61 Å². The molecule has 1 atom stereocenters. The van der Waals surface area contributed by atoms with E-state index in [9.17, 15) is 14.4 Å². The quantitative estimate of drug-likeness (QED) is 0.478. The van der Waals surface area contributed by atoms with Crippen molar-refractivity contribution in [1.29, 1.82) is 0 Å². The van der Waals surface area contributed by atoms with Crippen LogP contribution in [0.25, 0.3) is 11.1 Å². The lowest BCUT2D eigenvalue weighted by atomic mass is 9.92. The summed E-state index contributed by atoms with van der Waals surface area (Å²) >= 11 is 0. The van der Waals surface area contributed by atoms with Gasteiger partial charge in [0.2, 0.25) is 5.91 Å². The van der Waals surface area contributed by atoms with Gasteiger partial charge in [-0.1, -0.05) is 75.2 Å². The summed E-state index contributed by atoms with van der Waals surface area (Å²) < 4.78 is 5.72. The maximum absolute atomic E-state index is 12.9. The van der Waals surface area contributed by atoms with Crippen LogP contribution in [-0.4, -0.2) is 41.3 Å². The monoisotopic (exact) mass is 478 g/mol. The number of aliphatic carboxylic acids is 1. The second-order valence-electron chi connectivity index (χ2n) is 10.1. The van der Waals surface area contributed by atoms with Gasteiger partial charge in [0.05, 0.1) is 12.0 Å². The largest absolute Gasteiger partial charge is 0.481 e. The molecule has 1 fully saturated rings. The van der Waals surface area contributed by atoms with Crippen LogP contribution < -0.4 is 10.6 Å². The zero-order valence-corrected chi connectivity index (χ0v) is 20.4. The Morgan fingerprint density at radius 2 is 1.57 bits per heavy atom. The van der Waals surface area contributed by atoms with Crippen LogP contribution in [0, 0.1) is 5.92 Å². The van der Waals surface area contributed by atoms with Crippen molar-refractivity contribution in [1.82, 2.24) is 10.6 Å². The Bertz CT molecular complexity index is 1040. The van der Waals surface area contributed by atoms with Crippen molar-refractivity contribution in [2.24, 2.45) is 5.92 Å². The molecule has 0 radical (unpaired) electrons. The van der Waals surface area contributed by atoms with Crippen LogP contribution in [0.3, 0.4) is 0 Å². The first-order valence-electron chi connectivity index (χ1n) is 12.4. The van der Waals surface area contributed by atoms with Crippen LogP contribution in [0.1, 0.15) is 69.4 Å². The number of hydrogen-bond donors (Lipinski definition) is 3. The number of carbonyl (C=O) groups is 3. The van der Waals surface area contributed by atoms with E-state index in [4.69, 9.17) is 9.84 Å². The average molecular weight is 479 g/mol. The molecule has 0 aliphatic heterocycles. The molecule has 0 spiro atoms. The molecule has 0 aromatic heterocycles. The lowest BCUT2D eigenvalue weighted by Gasteiger charge is -2.31. The maximum atomic E-state index is 12.9. The molecule has 35 heavy (non-hydrogen) atoms. The van der Waals surface area contributed by atoms with E-state index in [0.717, 1.165) is 24.0 Å². The minimum atomic E-state index is -0.948. The molecule has 7 heteroatoms. The average Bonchev–Trinajstić information content (AvgIpc) is 3.39. The number of ether oxygens (including phenoxy) is 1. The molecule has 7 nitrogen and oxygen atoms in total. The number of nitrogens with one attached hydrogen (secondary N) is 2. The van der Waals surface area contributed by atoms with Gasteiger partial charge in [-0.2, -0.15) is 0 Å². The first-order chi connectivity index (χ1) is 16.8. The molecule has 1 saturated carbocycles. The predicted octanol–water partition coefficient (Wildman–Crippen LogP) is 4.84. The summed E-state index contributed by atoms with van der Waals surface area (Å²) in [6.45, 7) is 3.98. The molecule has 2 aromatic rings. The smallest absolute Gasteiger partial charge is 0.407 e. The highest BCUT2D eigenvalue weighted by Gasteiger charge is 2.39. The van der Waals surface area contributed by atoms with Crippen molar-refractivity contribution in [3.8, 4) is 11.1 Å². The highest BCUT2D eigenvalue weighted by Crippen LogP contribution is 2.44. The Hall–Kier alpha value is -3.35. The normalized spacial score (nSPS) is 16.9. The van der Waals surface area contributed by atoms with E-state index in [1.165, 1.54) is 11.1 Å². The number of carboxylic acid groups (broad SMARTS) is 1. The SMILES string of the molecule is CC(C)C(CC(=O)O)NC(=O)CC1(NC(=O)OCC2c3ccccc3-c3ccccc32)CCCC1. The highest BCUT2D eigenvalue weighted by atomic mass is 16.5. The topological polar surface area (TPSA) is 105 Å². The number of amides is 2. The zero-order valence-electron chi connectivity index (χ0n) is 20.4. The molecule has 2 aliphatic rings. The molecular formula is C28H34N2O5. The van der Waals surface area contributed by atoms with Crippen molar-refractivity contribution in [3.63, 3.8) is 0 Å². The van der Waals surface area contributed by atoms with Crippen molar-refractivity contribution in [3.05, 3.63) is 59.7 Å². The molecule has 4 rings (SSSR count). The van der Waals surface area contributed by atoms with Gasteiger partial charge in [0.15, 0.2) is 0 Å². The standard InChI is InChI=1S/C28H34N2O5/c1-18(2)24(15-26(32)33)29-25(31)16-28(13-7-8-14-28)30-27(34)35-17-23-21-11-5-3-9-19(21)20-10-4-6-12-22(20)23/h3-6,9-12,18,23-24H,7-8,13-17H2,1-2H3,(H,29,31)(H,30,34)(H,32,33). The van der Waals surface area contributed by atoms with E-state index in [-0.39, 0.29) is 37.2 Å². The third-order valence-electron chi connectivity index (χ3n) is 7.32. The first-order valence-corrected chi connectivity index (χ1v) is 12.4. The zero-order chi connectivity index (χ0) is 25.0. The summed E-state index contributed by atoms with van der Waals surface area (Å²) in [6.07, 6.45) is 2.67. The third kappa shape index (κ3) is 5.66. The van der Waals surface area contributed by atoms with Gasteiger partial charge in [-0.25, -0.2) is 4.79 Å². The second kappa shape index (κ2) is 10.5. The summed E-state index contributed by atoms with van der Waals surface area (Å²) in [7, 11) is 0. The Morgan fingerprint density at radius 3 is 2.11 bits per heavy atom. The third-order valence-corrected chi connectivity index (χ3v) is 7.32. The first kappa shape index (κ1) is 24.8. The van der Waals surface area contributed by atoms with E-state index in [1.807, 2.05) is 38.1 Å². The molecule has 1 unspecified atom stereocenters. The Balaban J connectivity index is 1.39. The minimum Gasteiger partial charge on any atom is -0.481 e. The van der Waals surface area contributed by atoms with Gasteiger partial charge in [-0.15, -0.1) is 0 Å². The molecule has 186 valence electrons. The van der Waals surface area contributed by atoms with Gasteiger partial charge >= 0.3 is 12.1 Å². The molecule has 0 saturated heterocycles. The van der Waals surface area contributed by atoms with Gasteiger partial charge in [0.25, 0.3) is 0 Å². The number of fused-ring (bicyclic) bond motifs is 3. The molecule has 2 aromatic carbocycles. The van der Waals surface area contributed by atoms with Crippen LogP contribution >= 0.6 is 0 Å². The molecule has 0 bridgehead atoms. The van der Waals surface area contributed by atoms with E-state index in [0.29, 0.717) is 12.8 Å². The molecule has 2 amide bonds. The summed E-state index contributed by atoms with van der Waals surface area (Å²) in [4.78, 5) is 36.9. The minimum absolute atomic E-state index is 0.00957. The fourth-order valence-corrected chi connectivity index (χ4v) is 5.46. The Labute approximate surface area is 206 Å². The van der Waals surface area contributed by atoms with Crippen LogP contribution in [0.2, 0.25) is 0 Å². The van der Waals surface area contributed by atoms with Gasteiger partial charge in [-0.3, -0.25) is 9.59 Å². The Kier molecular flexibility index (Phi) is 7.43. The van der Waals surface area contributed by atoms with Crippen LogP contribution in [-0.2, 0) is 14.3 Å². The maximum Gasteiger partial charge on any atom is 0.407 e. The second-order valence-corrected chi connectivity index (χ2v) is 10.1. The van der Waals surface area contributed by atoms with Gasteiger partial charge in [0, 0.05) is 18.4 Å². The number of carboxylic acids is 1. The summed E-state index contributed by atoms with van der Waals surface area (Å²) in [5.41, 5.74) is 3.96. The summed E-state index contributed by atoms with van der Waals surface area (Å²) in [6, 6.07) is 15.9. The number of benzene rings is 2. The lowest BCUT2D eigenvalue weighted by Crippen LogP contribution is -2.51. The lowest BCUT2D eigenvalue weighted by molar-refractivity contribution is -0.138. The molecule has 3 N–H and O–H groups in total. The van der Waals surface area contributed by atoms with E-state index in [1.54, 1.807) is 0 Å². The highest BCUT2D eigenvalue weighted by molar-refractivity contribution is 5.81. The fraction of sp³-hybridized carbons (Fsp3) is 0.464. The van der Waals surface area contributed by atoms with E-state index in [2.05, 4.69) is 34.9 Å². The van der Waals surface area contributed by atoms with Crippen molar-refractivity contribution < 1.29 is 24.2 Å². The van der Waals surface area contributed by atoms with Crippen LogP contribution in [0.15, 0.2) is 48.5 Å². The van der Waals surface area contributed by atoms with Gasteiger partial charge in [-0.05, 0) is 41.0 Å². The number of alkyl carbamates (subject to hydrolysis) is 1. The molecule has 2 aliphatic carbocycles. The van der Waals surface area contributed by atoms with Crippen LogP contribution in [0.4, 0.5) is 4.79 Å². The van der Waals surface area contributed by atoms with Crippen LogP contribution in [0.5, 0.6) is 0 Å². The predicted molar refractivity (Wildman–Crippen MR) is 133 cm³/mol. The molecule has 0 heterocycles. The van der Waals surface area contributed by atoms with Crippen molar-refractivity contribution >= 4 is 18.0 Å². The van der Waals surface area contributed by atoms with Crippen molar-refractivity contribution in [2.45, 2.75) is 69.9 Å². The van der Waals surface area contributed by atoms with E-state index < -0.39 is 23.6 Å². The van der Waals surface area contributed by atoms with Gasteiger partial charge in [0.1, 0.15) is 6.61 Å².